The van der Waals surface area contributed by atoms with E-state index in [4.69, 9.17) is 18.9 Å². The quantitative estimate of drug-likeness (QED) is 0.663. The molecule has 5 aliphatic heterocycles. The fraction of sp³-hybridized carbons (Fsp3) is 0.667. The minimum absolute atomic E-state index is 0.0399. The third-order valence-corrected chi connectivity index (χ3v) is 10.1. The van der Waals surface area contributed by atoms with Crippen LogP contribution in [0.1, 0.15) is 31.2 Å². The number of fused-ring (bicyclic) bond motifs is 3. The Morgan fingerprint density at radius 2 is 1.91 bits per heavy atom. The van der Waals surface area contributed by atoms with Gasteiger partial charge in [-0.1, -0.05) is 18.2 Å². The molecule has 7 fully saturated rings. The molecule has 1 aromatic carbocycles. The van der Waals surface area contributed by atoms with E-state index in [0.717, 1.165) is 12.1 Å². The summed E-state index contributed by atoms with van der Waals surface area (Å²) in [5, 5.41) is 12.7. The van der Waals surface area contributed by atoms with Gasteiger partial charge in [0, 0.05) is 36.9 Å². The lowest BCUT2D eigenvalue weighted by Gasteiger charge is -2.78. The van der Waals surface area contributed by atoms with Crippen molar-refractivity contribution in [1.82, 2.24) is 4.90 Å². The van der Waals surface area contributed by atoms with Gasteiger partial charge in [0.05, 0.1) is 26.0 Å². The van der Waals surface area contributed by atoms with Crippen molar-refractivity contribution in [3.05, 3.63) is 29.8 Å². The molecule has 0 aromatic heterocycles. The van der Waals surface area contributed by atoms with Crippen molar-refractivity contribution in [2.45, 2.75) is 66.7 Å². The van der Waals surface area contributed by atoms with Gasteiger partial charge in [0.1, 0.15) is 17.9 Å². The van der Waals surface area contributed by atoms with Crippen LogP contribution in [-0.2, 0) is 29.2 Å². The van der Waals surface area contributed by atoms with E-state index >= 15 is 0 Å². The topological polar surface area (TPSA) is 97.8 Å². The molecule has 3 aliphatic carbocycles. The molecule has 176 valence electrons. The molecule has 1 N–H and O–H groups in total. The number of amides is 1. The fourth-order valence-electron chi connectivity index (χ4n) is 9.42. The number of ether oxygens (including phenoxy) is 4. The molecular weight excluding hydrogens is 428 g/mol. The largest absolute Gasteiger partial charge is 0.467 e. The molecule has 8 atom stereocenters. The molecule has 1 aromatic rings. The summed E-state index contributed by atoms with van der Waals surface area (Å²) < 4.78 is 23.2. The zero-order chi connectivity index (χ0) is 23.0. The van der Waals surface area contributed by atoms with Gasteiger partial charge in [-0.15, -0.1) is 0 Å². The summed E-state index contributed by atoms with van der Waals surface area (Å²) in [6, 6.07) is 7.72. The first kappa shape index (κ1) is 20.2. The molecular formula is C24H28N2O7. The van der Waals surface area contributed by atoms with Gasteiger partial charge in [-0.05, 0) is 30.9 Å². The highest BCUT2D eigenvalue weighted by Gasteiger charge is 2.93. The smallest absolute Gasteiger partial charge is 0.414 e. The number of hydrogen-bond donors (Lipinski definition) is 1. The number of carbonyl (C=O) groups is 2. The lowest BCUT2D eigenvalue weighted by Crippen LogP contribution is -2.95. The second-order valence-electron chi connectivity index (χ2n) is 10.3. The van der Waals surface area contributed by atoms with E-state index in [0.29, 0.717) is 31.4 Å². The van der Waals surface area contributed by atoms with Crippen LogP contribution >= 0.6 is 0 Å². The predicted molar refractivity (Wildman–Crippen MR) is 114 cm³/mol. The molecule has 9 nitrogen and oxygen atoms in total. The van der Waals surface area contributed by atoms with Crippen molar-refractivity contribution in [2.75, 3.05) is 32.8 Å². The average molecular weight is 456 g/mol. The number of benzene rings is 1. The highest BCUT2D eigenvalue weighted by Crippen LogP contribution is 2.79. The van der Waals surface area contributed by atoms with Crippen LogP contribution in [0.3, 0.4) is 0 Å². The average Bonchev–Trinajstić information content (AvgIpc) is 3.40. The monoisotopic (exact) mass is 456 g/mol. The minimum Gasteiger partial charge on any atom is -0.467 e. The SMILES string of the molecule is COC(=O)N1c2ccccc2[C@@]23CCN4[C@@H]5C[C@H](OC)[C@]6(CC[C@]12[C@](O)(C(=O)OC)[C@@H]6O5)[C@H]43. The van der Waals surface area contributed by atoms with Crippen molar-refractivity contribution < 1.29 is 33.6 Å². The first-order valence-corrected chi connectivity index (χ1v) is 11.6. The van der Waals surface area contributed by atoms with Crippen molar-refractivity contribution in [2.24, 2.45) is 5.41 Å². The number of carbonyl (C=O) groups excluding carboxylic acids is 2. The summed E-state index contributed by atoms with van der Waals surface area (Å²) in [5.74, 6) is -0.771. The number of anilines is 1. The summed E-state index contributed by atoms with van der Waals surface area (Å²) >= 11 is 0. The normalized spacial score (nSPS) is 47.9. The summed E-state index contributed by atoms with van der Waals surface area (Å²) in [5.41, 5.74) is -3.02. The molecule has 9 rings (SSSR count). The van der Waals surface area contributed by atoms with E-state index in [-0.39, 0.29) is 18.4 Å². The highest BCUT2D eigenvalue weighted by atomic mass is 16.6. The molecule has 5 heterocycles. The van der Waals surface area contributed by atoms with Crippen LogP contribution in [-0.4, -0.2) is 85.6 Å². The van der Waals surface area contributed by atoms with Crippen molar-refractivity contribution >= 4 is 17.7 Å². The molecule has 3 spiro atoms. The number of para-hydroxylation sites is 1. The molecule has 9 heteroatoms. The maximum absolute atomic E-state index is 13.7. The van der Waals surface area contributed by atoms with Crippen LogP contribution in [0.25, 0.3) is 0 Å². The van der Waals surface area contributed by atoms with Gasteiger partial charge in [-0.2, -0.15) is 0 Å². The van der Waals surface area contributed by atoms with E-state index in [2.05, 4.69) is 4.90 Å². The molecule has 33 heavy (non-hydrogen) atoms. The van der Waals surface area contributed by atoms with Gasteiger partial charge in [0.15, 0.2) is 0 Å². The number of hydrogen-bond acceptors (Lipinski definition) is 8. The number of methoxy groups -OCH3 is 3. The van der Waals surface area contributed by atoms with Crippen LogP contribution in [0.15, 0.2) is 24.3 Å². The Bertz CT molecular complexity index is 1100. The number of rotatable bonds is 2. The fourth-order valence-corrected chi connectivity index (χ4v) is 9.42. The van der Waals surface area contributed by atoms with Gasteiger partial charge in [-0.3, -0.25) is 9.80 Å². The lowest BCUT2D eigenvalue weighted by molar-refractivity contribution is -0.391. The van der Waals surface area contributed by atoms with Crippen LogP contribution in [0, 0.1) is 5.41 Å². The number of aliphatic hydroxyl groups is 1. The standard InChI is InChI=1S/C24H28N2O7/c1-30-15-12-16-25-11-10-22-13-6-4-5-7-14(13)26(20(28)32-3)23(22)9-8-21(15,17(22)25)18(33-16)24(23,29)19(27)31-2/h4-7,15-18,29H,8-12H2,1-3H3/t15-,16-,17-,18+,21+,22+,23-,24+/m0/s1. The highest BCUT2D eigenvalue weighted by molar-refractivity contribution is 5.99. The zero-order valence-corrected chi connectivity index (χ0v) is 18.9. The molecule has 0 unspecified atom stereocenters. The second kappa shape index (κ2) is 5.89. The van der Waals surface area contributed by atoms with Crippen LogP contribution < -0.4 is 4.90 Å². The van der Waals surface area contributed by atoms with E-state index in [1.54, 1.807) is 12.0 Å². The Kier molecular flexibility index (Phi) is 3.60. The molecule has 5 bridgehead atoms. The summed E-state index contributed by atoms with van der Waals surface area (Å²) in [4.78, 5) is 31.1. The van der Waals surface area contributed by atoms with Crippen molar-refractivity contribution in [3.8, 4) is 0 Å². The van der Waals surface area contributed by atoms with E-state index < -0.39 is 40.1 Å². The third kappa shape index (κ3) is 1.66. The first-order valence-electron chi connectivity index (χ1n) is 11.6. The molecule has 4 saturated heterocycles. The second-order valence-corrected chi connectivity index (χ2v) is 10.3. The van der Waals surface area contributed by atoms with E-state index in [1.165, 1.54) is 14.2 Å². The lowest BCUT2D eigenvalue weighted by atomic mass is 9.35. The molecule has 0 radical (unpaired) electrons. The number of piperidine rings is 1. The predicted octanol–water partition coefficient (Wildman–Crippen LogP) is 1.17. The maximum atomic E-state index is 13.7. The van der Waals surface area contributed by atoms with Gasteiger partial charge in [0.25, 0.3) is 0 Å². The Morgan fingerprint density at radius 1 is 1.12 bits per heavy atom. The van der Waals surface area contributed by atoms with Crippen molar-refractivity contribution in [3.63, 3.8) is 0 Å². The number of nitrogens with zero attached hydrogens (tertiary/aromatic N) is 2. The van der Waals surface area contributed by atoms with Crippen molar-refractivity contribution in [1.29, 1.82) is 0 Å². The van der Waals surface area contributed by atoms with Crippen LogP contribution in [0.4, 0.5) is 10.5 Å². The van der Waals surface area contributed by atoms with E-state index in [9.17, 15) is 14.7 Å². The van der Waals surface area contributed by atoms with Gasteiger partial charge in [0.2, 0.25) is 5.60 Å². The zero-order valence-electron chi connectivity index (χ0n) is 18.9. The molecule has 8 aliphatic rings. The summed E-state index contributed by atoms with van der Waals surface area (Å²) in [6.45, 7) is 0.753. The van der Waals surface area contributed by atoms with Gasteiger partial charge < -0.3 is 24.1 Å². The maximum Gasteiger partial charge on any atom is 0.414 e. The van der Waals surface area contributed by atoms with E-state index in [1.807, 2.05) is 24.3 Å². The first-order chi connectivity index (χ1) is 15.9. The Morgan fingerprint density at radius 3 is 2.64 bits per heavy atom. The molecule has 3 saturated carbocycles. The van der Waals surface area contributed by atoms with Crippen LogP contribution in [0.2, 0.25) is 0 Å². The number of esters is 1. The Labute approximate surface area is 191 Å². The summed E-state index contributed by atoms with van der Waals surface area (Å²) in [6.07, 6.45) is 0.555. The van der Waals surface area contributed by atoms with Gasteiger partial charge in [-0.25, -0.2) is 9.59 Å². The minimum atomic E-state index is -2.09. The van der Waals surface area contributed by atoms with Gasteiger partial charge >= 0.3 is 12.1 Å². The molecule has 1 amide bonds. The Hall–Kier alpha value is -2.20. The third-order valence-electron chi connectivity index (χ3n) is 10.1. The van der Waals surface area contributed by atoms with Crippen LogP contribution in [0.5, 0.6) is 0 Å². The Balaban J connectivity index is 1.63. The summed E-state index contributed by atoms with van der Waals surface area (Å²) in [7, 11) is 4.31.